The van der Waals surface area contributed by atoms with Crippen molar-refractivity contribution in [2.45, 2.75) is 19.3 Å². The van der Waals surface area contributed by atoms with Crippen molar-refractivity contribution in [2.24, 2.45) is 5.92 Å². The minimum absolute atomic E-state index is 0.144. The average Bonchev–Trinajstić information content (AvgIpc) is 3.03. The van der Waals surface area contributed by atoms with Crippen molar-refractivity contribution in [1.29, 1.82) is 0 Å². The quantitative estimate of drug-likeness (QED) is 0.571. The maximum Gasteiger partial charge on any atom is 0.211 e. The molecule has 0 unspecified atom stereocenters. The molecule has 2 rings (SSSR count). The second-order valence-corrected chi connectivity index (χ2v) is 6.33. The number of aryl methyl sites for hydroxylation is 1. The largest absolute Gasteiger partial charge is 0.328 e. The van der Waals surface area contributed by atoms with Crippen LogP contribution in [0.5, 0.6) is 0 Å². The maximum atomic E-state index is 14.0. The first-order valence-corrected chi connectivity index (χ1v) is 8.30. The summed E-state index contributed by atoms with van der Waals surface area (Å²) >= 11 is 5.87. The lowest BCUT2D eigenvalue weighted by Crippen LogP contribution is -2.13. The molecule has 1 aromatic carbocycles. The molecule has 5 heteroatoms. The van der Waals surface area contributed by atoms with Gasteiger partial charge in [0.15, 0.2) is 0 Å². The highest BCUT2D eigenvalue weighted by molar-refractivity contribution is 6.31. The highest BCUT2D eigenvalue weighted by atomic mass is 35.5. The van der Waals surface area contributed by atoms with E-state index in [1.165, 1.54) is 0 Å². The molecule has 0 radical (unpaired) electrons. The summed E-state index contributed by atoms with van der Waals surface area (Å²) in [5, 5.41) is 6.64. The highest BCUT2D eigenvalue weighted by Gasteiger charge is 2.29. The molecule has 1 amide bonds. The van der Waals surface area contributed by atoms with Crippen LogP contribution in [-0.2, 0) is 4.79 Å². The molecule has 1 aliphatic rings. The zero-order valence-corrected chi connectivity index (χ0v) is 14.4. The van der Waals surface area contributed by atoms with Crippen LogP contribution in [-0.4, -0.2) is 19.5 Å². The lowest BCUT2D eigenvalue weighted by atomic mass is 9.85. The first-order valence-electron chi connectivity index (χ1n) is 7.92. The molecule has 24 heavy (non-hydrogen) atoms. The van der Waals surface area contributed by atoms with E-state index in [0.29, 0.717) is 28.6 Å². The first-order chi connectivity index (χ1) is 11.6. The zero-order chi connectivity index (χ0) is 17.5. The van der Waals surface area contributed by atoms with Crippen LogP contribution < -0.4 is 10.6 Å². The van der Waals surface area contributed by atoms with Crippen LogP contribution in [0.25, 0.3) is 0 Å². The summed E-state index contributed by atoms with van der Waals surface area (Å²) in [6.07, 6.45) is 8.80. The number of rotatable bonds is 7. The molecule has 1 aromatic rings. The Morgan fingerprint density at radius 2 is 2.29 bits per heavy atom. The Morgan fingerprint density at radius 3 is 3.00 bits per heavy atom. The zero-order valence-electron chi connectivity index (χ0n) is 13.7. The average molecular weight is 349 g/mol. The molecule has 1 aliphatic heterocycles. The number of carbonyl (C=O) groups excluding carboxylic acids is 1. The summed E-state index contributed by atoms with van der Waals surface area (Å²) in [7, 11) is 0. The Labute approximate surface area is 147 Å². The Bertz CT molecular complexity index is 670. The molecule has 0 bridgehead atoms. The monoisotopic (exact) mass is 348 g/mol. The van der Waals surface area contributed by atoms with Gasteiger partial charge in [-0.3, -0.25) is 4.79 Å². The minimum Gasteiger partial charge on any atom is -0.328 e. The molecule has 1 saturated heterocycles. The number of amides is 1. The molecule has 128 valence electrons. The second-order valence-electron chi connectivity index (χ2n) is 5.90. The summed E-state index contributed by atoms with van der Waals surface area (Å²) in [6.45, 7) is 6.90. The maximum absolute atomic E-state index is 14.0. The minimum atomic E-state index is -0.247. The van der Waals surface area contributed by atoms with Crippen molar-refractivity contribution < 1.29 is 9.18 Å². The third-order valence-electron chi connectivity index (χ3n) is 4.31. The van der Waals surface area contributed by atoms with E-state index >= 15 is 0 Å². The molecule has 1 fully saturated rings. The van der Waals surface area contributed by atoms with E-state index in [0.717, 1.165) is 25.1 Å². The molecule has 1 heterocycles. The number of allylic oxidation sites excluding steroid dienone is 5. The van der Waals surface area contributed by atoms with E-state index in [1.54, 1.807) is 31.2 Å². The van der Waals surface area contributed by atoms with Crippen LogP contribution >= 0.6 is 11.6 Å². The van der Waals surface area contributed by atoms with Crippen molar-refractivity contribution in [3.05, 3.63) is 65.0 Å². The predicted molar refractivity (Wildman–Crippen MR) is 97.8 cm³/mol. The molecule has 0 saturated carbocycles. The van der Waals surface area contributed by atoms with Gasteiger partial charge in [-0.2, -0.15) is 0 Å². The van der Waals surface area contributed by atoms with Crippen molar-refractivity contribution in [3.63, 3.8) is 0 Å². The van der Waals surface area contributed by atoms with Gasteiger partial charge in [0, 0.05) is 23.2 Å². The third kappa shape index (κ3) is 4.56. The van der Waals surface area contributed by atoms with E-state index in [4.69, 9.17) is 11.6 Å². The van der Waals surface area contributed by atoms with Gasteiger partial charge in [0.25, 0.3) is 0 Å². The highest BCUT2D eigenvalue weighted by Crippen LogP contribution is 2.36. The van der Waals surface area contributed by atoms with Gasteiger partial charge in [-0.15, -0.1) is 0 Å². The lowest BCUT2D eigenvalue weighted by Gasteiger charge is -2.21. The second kappa shape index (κ2) is 8.81. The van der Waals surface area contributed by atoms with Crippen LogP contribution in [0.4, 0.5) is 10.1 Å². The van der Waals surface area contributed by atoms with Crippen molar-refractivity contribution in [1.82, 2.24) is 5.32 Å². The standard InChI is InChI=1S/C19H22ClFN2O/c1-3-15(20)7-5-4-6-14-10-22-11-17(14)16-9-18(21)13(2)8-19(16)23-12-24/h3-5,7-9,12,14,17,22H,1,6,10-11H2,2H3,(H,23,24)/b5-4-,15-7+/t14-,17+/m0/s1. The van der Waals surface area contributed by atoms with Gasteiger partial charge < -0.3 is 10.6 Å². The van der Waals surface area contributed by atoms with Crippen LogP contribution in [0.2, 0.25) is 0 Å². The van der Waals surface area contributed by atoms with Gasteiger partial charge >= 0.3 is 0 Å². The summed E-state index contributed by atoms with van der Waals surface area (Å²) in [4.78, 5) is 10.9. The van der Waals surface area contributed by atoms with Gasteiger partial charge in [-0.05, 0) is 55.1 Å². The fraction of sp³-hybridized carbons (Fsp3) is 0.316. The summed E-state index contributed by atoms with van der Waals surface area (Å²) in [6, 6.07) is 3.24. The number of anilines is 1. The van der Waals surface area contributed by atoms with Crippen molar-refractivity contribution >= 4 is 23.7 Å². The Morgan fingerprint density at radius 1 is 1.50 bits per heavy atom. The van der Waals surface area contributed by atoms with E-state index in [2.05, 4.69) is 17.2 Å². The van der Waals surface area contributed by atoms with Gasteiger partial charge in [0.2, 0.25) is 6.41 Å². The van der Waals surface area contributed by atoms with Crippen LogP contribution in [0.3, 0.4) is 0 Å². The van der Waals surface area contributed by atoms with Crippen LogP contribution in [0.1, 0.15) is 23.5 Å². The van der Waals surface area contributed by atoms with Crippen LogP contribution in [0, 0.1) is 18.7 Å². The van der Waals surface area contributed by atoms with E-state index in [9.17, 15) is 9.18 Å². The van der Waals surface area contributed by atoms with Gasteiger partial charge in [0.1, 0.15) is 5.82 Å². The molecule has 0 aliphatic carbocycles. The molecule has 0 spiro atoms. The number of carbonyl (C=O) groups is 1. The molecule has 2 atom stereocenters. The SMILES string of the molecule is C=C/C(Cl)=C\C=C/C[C@H]1CNC[C@H]1c1cc(F)c(C)cc1NC=O. The summed E-state index contributed by atoms with van der Waals surface area (Å²) in [5.41, 5.74) is 2.05. The molecule has 3 nitrogen and oxygen atoms in total. The third-order valence-corrected chi connectivity index (χ3v) is 4.59. The summed E-state index contributed by atoms with van der Waals surface area (Å²) < 4.78 is 14.0. The van der Waals surface area contributed by atoms with Gasteiger partial charge in [-0.25, -0.2) is 4.39 Å². The van der Waals surface area contributed by atoms with Crippen molar-refractivity contribution in [3.8, 4) is 0 Å². The predicted octanol–water partition coefficient (Wildman–Crippen LogP) is 4.26. The fourth-order valence-electron chi connectivity index (χ4n) is 3.02. The number of halogens is 2. The molecular weight excluding hydrogens is 327 g/mol. The number of nitrogens with one attached hydrogen (secondary N) is 2. The van der Waals surface area contributed by atoms with E-state index in [-0.39, 0.29) is 11.7 Å². The lowest BCUT2D eigenvalue weighted by molar-refractivity contribution is -0.105. The number of hydrogen-bond acceptors (Lipinski definition) is 2. The first kappa shape index (κ1) is 18.4. The van der Waals surface area contributed by atoms with E-state index < -0.39 is 0 Å². The molecule has 0 aromatic heterocycles. The normalized spacial score (nSPS) is 21.2. The smallest absolute Gasteiger partial charge is 0.211 e. The number of benzene rings is 1. The Hall–Kier alpha value is -1.91. The molecule has 2 N–H and O–H groups in total. The van der Waals surface area contributed by atoms with Crippen molar-refractivity contribution in [2.75, 3.05) is 18.4 Å². The van der Waals surface area contributed by atoms with Gasteiger partial charge in [0.05, 0.1) is 0 Å². The Balaban J connectivity index is 2.19. The molecular formula is C19H22ClFN2O. The fourth-order valence-corrected chi connectivity index (χ4v) is 3.09. The van der Waals surface area contributed by atoms with Crippen LogP contribution in [0.15, 0.2) is 48.0 Å². The van der Waals surface area contributed by atoms with E-state index in [1.807, 2.05) is 12.2 Å². The topological polar surface area (TPSA) is 41.1 Å². The number of hydrogen-bond donors (Lipinski definition) is 2. The Kier molecular flexibility index (Phi) is 6.76. The summed E-state index contributed by atoms with van der Waals surface area (Å²) in [5.74, 6) is 0.223. The van der Waals surface area contributed by atoms with Gasteiger partial charge in [-0.1, -0.05) is 36.4 Å².